The Bertz CT molecular complexity index is 1590. The Labute approximate surface area is 262 Å². The number of likely N-dealkylation sites (N-methyl/N-ethyl adjacent to an activating group) is 2. The second-order valence-electron chi connectivity index (χ2n) is 12.2. The molecule has 3 aromatic rings. The first kappa shape index (κ1) is 35.0. The van der Waals surface area contributed by atoms with Gasteiger partial charge in [-0.1, -0.05) is 26.8 Å². The van der Waals surface area contributed by atoms with Crippen LogP contribution in [0.5, 0.6) is 0 Å². The van der Waals surface area contributed by atoms with Gasteiger partial charge in [0.1, 0.15) is 17.3 Å². The first-order valence-electron chi connectivity index (χ1n) is 14.6. The smallest absolute Gasteiger partial charge is 0.410 e. The molecular weight excluding hydrogens is 583 g/mol. The van der Waals surface area contributed by atoms with Crippen molar-refractivity contribution in [1.82, 2.24) is 24.3 Å². The highest BCUT2D eigenvalue weighted by Gasteiger charge is 2.25. The van der Waals surface area contributed by atoms with Crippen LogP contribution in [0.2, 0.25) is 0 Å². The zero-order valence-electron chi connectivity index (χ0n) is 27.0. The number of nitrogens with one attached hydrogen (secondary N) is 2. The Kier molecular flexibility index (Phi) is 12.0. The van der Waals surface area contributed by atoms with Crippen LogP contribution in [0.3, 0.4) is 0 Å². The number of amides is 3. The lowest BCUT2D eigenvalue weighted by Crippen LogP contribution is -2.39. The van der Waals surface area contributed by atoms with Crippen LogP contribution in [0.25, 0.3) is 11.0 Å². The van der Waals surface area contributed by atoms with Crippen LogP contribution in [0.1, 0.15) is 45.0 Å². The van der Waals surface area contributed by atoms with E-state index in [2.05, 4.69) is 36.1 Å². The molecule has 12 nitrogen and oxygen atoms in total. The monoisotopic (exact) mass is 626 g/mol. The molecule has 0 aliphatic rings. The number of carbonyl (C=O) groups is 3. The second-order valence-corrected chi connectivity index (χ2v) is 12.2. The summed E-state index contributed by atoms with van der Waals surface area (Å²) < 4.78 is 26.2. The predicted molar refractivity (Wildman–Crippen MR) is 169 cm³/mol. The Hall–Kier alpha value is -4.52. The maximum absolute atomic E-state index is 14.4. The Morgan fingerprint density at radius 1 is 1.20 bits per heavy atom. The molecule has 0 fully saturated rings. The number of hydrogen-bond donors (Lipinski definition) is 2. The summed E-state index contributed by atoms with van der Waals surface area (Å²) in [6.45, 7) is 6.75. The molecule has 1 aromatic carbocycles. The van der Waals surface area contributed by atoms with Crippen molar-refractivity contribution < 1.29 is 28.2 Å². The van der Waals surface area contributed by atoms with Gasteiger partial charge in [-0.05, 0) is 60.6 Å². The van der Waals surface area contributed by atoms with Crippen LogP contribution in [0, 0.1) is 11.2 Å². The average molecular weight is 627 g/mol. The van der Waals surface area contributed by atoms with Crippen molar-refractivity contribution in [3.63, 3.8) is 0 Å². The van der Waals surface area contributed by atoms with Crippen molar-refractivity contribution in [3.05, 3.63) is 70.2 Å². The minimum Gasteiger partial charge on any atom is -0.436 e. The van der Waals surface area contributed by atoms with Crippen LogP contribution < -0.4 is 10.9 Å². The number of imidazole rings is 1. The Morgan fingerprint density at radius 2 is 1.93 bits per heavy atom. The highest BCUT2D eigenvalue weighted by atomic mass is 19.1. The van der Waals surface area contributed by atoms with Gasteiger partial charge < -0.3 is 34.1 Å². The largest absolute Gasteiger partial charge is 0.436 e. The molecule has 0 radical (unpaired) electrons. The van der Waals surface area contributed by atoms with E-state index in [4.69, 9.17) is 9.47 Å². The molecule has 0 saturated carbocycles. The molecule has 3 amide bonds. The highest BCUT2D eigenvalue weighted by molar-refractivity contribution is 5.95. The molecule has 0 bridgehead atoms. The van der Waals surface area contributed by atoms with Gasteiger partial charge in [0.25, 0.3) is 11.5 Å². The van der Waals surface area contributed by atoms with E-state index < -0.39 is 23.7 Å². The second kappa shape index (κ2) is 15.5. The topological polar surface area (TPSA) is 139 Å². The van der Waals surface area contributed by atoms with Crippen molar-refractivity contribution in [3.8, 4) is 0 Å². The van der Waals surface area contributed by atoms with Gasteiger partial charge in [0, 0.05) is 41.0 Å². The van der Waals surface area contributed by atoms with Crippen molar-refractivity contribution >= 4 is 34.6 Å². The minimum absolute atomic E-state index is 0.0230. The lowest BCUT2D eigenvalue weighted by Gasteiger charge is -2.22. The fraction of sp³-hybridized carbons (Fsp3) is 0.469. The van der Waals surface area contributed by atoms with Gasteiger partial charge in [-0.15, -0.1) is 0 Å². The van der Waals surface area contributed by atoms with Gasteiger partial charge in [0.15, 0.2) is 6.10 Å². The fourth-order valence-electron chi connectivity index (χ4n) is 4.47. The number of H-pyrrole nitrogens is 1. The number of fused-ring (bicyclic) bond motifs is 1. The van der Waals surface area contributed by atoms with E-state index in [0.717, 1.165) is 5.56 Å². The van der Waals surface area contributed by atoms with E-state index in [9.17, 15) is 23.6 Å². The lowest BCUT2D eigenvalue weighted by molar-refractivity contribution is -0.125. The number of ether oxygens (including phenoxy) is 2. The van der Waals surface area contributed by atoms with E-state index in [1.165, 1.54) is 52.8 Å². The number of aromatic nitrogens is 3. The van der Waals surface area contributed by atoms with Crippen LogP contribution >= 0.6 is 0 Å². The number of methoxy groups -OCH3 is 1. The van der Waals surface area contributed by atoms with Crippen LogP contribution in [-0.4, -0.2) is 89.8 Å². The molecule has 0 spiro atoms. The minimum atomic E-state index is -1.25. The molecule has 3 rings (SSSR count). The van der Waals surface area contributed by atoms with E-state index in [1.807, 2.05) is 0 Å². The number of nitrogens with zero attached hydrogens (tertiary/aromatic N) is 4. The number of halogens is 1. The molecular formula is C32H43FN6O6. The first-order valence-corrected chi connectivity index (χ1v) is 14.6. The summed E-state index contributed by atoms with van der Waals surface area (Å²) in [6, 6.07) is 5.90. The molecule has 45 heavy (non-hydrogen) atoms. The highest BCUT2D eigenvalue weighted by Crippen LogP contribution is 2.27. The Morgan fingerprint density at radius 3 is 2.60 bits per heavy atom. The maximum Gasteiger partial charge on any atom is 0.410 e. The quantitative estimate of drug-likeness (QED) is 0.274. The van der Waals surface area contributed by atoms with Gasteiger partial charge in [0.05, 0.1) is 24.2 Å². The maximum atomic E-state index is 14.4. The molecule has 2 heterocycles. The van der Waals surface area contributed by atoms with E-state index in [-0.39, 0.29) is 55.4 Å². The van der Waals surface area contributed by atoms with E-state index in [0.29, 0.717) is 23.3 Å². The lowest BCUT2D eigenvalue weighted by atomic mass is 9.87. The van der Waals surface area contributed by atoms with E-state index >= 15 is 0 Å². The van der Waals surface area contributed by atoms with Crippen molar-refractivity contribution in [2.75, 3.05) is 46.7 Å². The number of pyridine rings is 1. The summed E-state index contributed by atoms with van der Waals surface area (Å²) in [5.41, 5.74) is 1.32. The number of carbonyl (C=O) groups excluding carboxylic acids is 3. The summed E-state index contributed by atoms with van der Waals surface area (Å²) in [7, 11) is 6.25. The molecule has 0 unspecified atom stereocenters. The number of allylic oxidation sites excluding steroid dienone is 1. The summed E-state index contributed by atoms with van der Waals surface area (Å²) in [6.07, 6.45) is 3.47. The number of rotatable bonds is 13. The molecule has 1 atom stereocenters. The third-order valence-corrected chi connectivity index (χ3v) is 6.77. The van der Waals surface area contributed by atoms with Crippen molar-refractivity contribution in [2.24, 2.45) is 5.41 Å². The molecule has 13 heteroatoms. The number of aromatic amines is 1. The first-order chi connectivity index (χ1) is 21.2. The predicted octanol–water partition coefficient (Wildman–Crippen LogP) is 3.95. The van der Waals surface area contributed by atoms with Gasteiger partial charge in [-0.2, -0.15) is 0 Å². The van der Waals surface area contributed by atoms with Crippen LogP contribution in [0.15, 0.2) is 47.4 Å². The molecule has 0 saturated heterocycles. The summed E-state index contributed by atoms with van der Waals surface area (Å²) in [5, 5.41) is 2.59. The zero-order chi connectivity index (χ0) is 33.3. The third-order valence-electron chi connectivity index (χ3n) is 6.77. The van der Waals surface area contributed by atoms with Gasteiger partial charge >= 0.3 is 6.09 Å². The average Bonchev–Trinajstić information content (AvgIpc) is 3.36. The Balaban J connectivity index is 1.81. The van der Waals surface area contributed by atoms with E-state index in [1.54, 1.807) is 32.4 Å². The SMILES string of the molecule is COCCN(C)C(=O)O[C@@H](CC/C=C/C(=O)N(C)C)C(=O)Nc1cccn(Cc2nc3c(CC(C)(C)C)cc(F)cc3[nH]2)c1=O. The van der Waals surface area contributed by atoms with Gasteiger partial charge in [-0.3, -0.25) is 14.4 Å². The third kappa shape index (κ3) is 10.3. The van der Waals surface area contributed by atoms with Gasteiger partial charge in [-0.25, -0.2) is 14.2 Å². The molecule has 0 aliphatic carbocycles. The molecule has 0 aliphatic heterocycles. The van der Waals surface area contributed by atoms with Crippen LogP contribution in [-0.2, 0) is 32.0 Å². The van der Waals surface area contributed by atoms with Crippen molar-refractivity contribution in [2.45, 2.75) is 52.7 Å². The molecule has 2 N–H and O–H groups in total. The summed E-state index contributed by atoms with van der Waals surface area (Å²) in [4.78, 5) is 61.6. The molecule has 244 valence electrons. The zero-order valence-corrected chi connectivity index (χ0v) is 27.0. The standard InChI is InChI=1S/C32H43FN6O6/c1-32(2,3)19-21-17-22(33)18-24-28(21)36-26(34-24)20-39-14-10-11-23(30(39)42)35-29(41)25(12-8-9-13-27(40)37(4)5)45-31(43)38(6)15-16-44-7/h9-11,13-14,17-18,25H,8,12,15-16,19-20H2,1-7H3,(H,34,36)(H,35,41)/b13-9+/t25-/m0/s1. The fourth-order valence-corrected chi connectivity index (χ4v) is 4.47. The summed E-state index contributed by atoms with van der Waals surface area (Å²) >= 11 is 0. The summed E-state index contributed by atoms with van der Waals surface area (Å²) in [5.74, 6) is -0.853. The van der Waals surface area contributed by atoms with Crippen LogP contribution in [0.4, 0.5) is 14.9 Å². The number of anilines is 1. The van der Waals surface area contributed by atoms with Gasteiger partial charge in [0.2, 0.25) is 5.91 Å². The molecule has 2 aromatic heterocycles. The normalized spacial score (nSPS) is 12.4. The van der Waals surface area contributed by atoms with Crippen molar-refractivity contribution in [1.29, 1.82) is 0 Å². The number of hydrogen-bond acceptors (Lipinski definition) is 7. The number of benzene rings is 1.